The Hall–Kier alpha value is -2.67. The molecule has 0 aliphatic carbocycles. The van der Waals surface area contributed by atoms with Crippen LogP contribution in [0.25, 0.3) is 10.9 Å². The second kappa shape index (κ2) is 9.89. The summed E-state index contributed by atoms with van der Waals surface area (Å²) < 4.78 is 25.5. The first-order chi connectivity index (χ1) is 14.5. The maximum absolute atomic E-state index is 13.9. The van der Waals surface area contributed by atoms with Gasteiger partial charge in [-0.05, 0) is 31.0 Å². The third-order valence-corrected chi connectivity index (χ3v) is 6.69. The van der Waals surface area contributed by atoms with E-state index in [9.17, 15) is 14.7 Å². The van der Waals surface area contributed by atoms with Crippen LogP contribution in [0, 0.1) is 10.1 Å². The van der Waals surface area contributed by atoms with E-state index in [4.69, 9.17) is 9.05 Å². The molecule has 1 atom stereocenters. The molecule has 0 spiro atoms. The summed E-state index contributed by atoms with van der Waals surface area (Å²) >= 11 is 0. The maximum Gasteiger partial charge on any atom is 0.357 e. The van der Waals surface area contributed by atoms with Crippen molar-refractivity contribution in [2.75, 3.05) is 18.5 Å². The molecule has 8 nitrogen and oxygen atoms in total. The number of rotatable bonds is 11. The van der Waals surface area contributed by atoms with Crippen molar-refractivity contribution in [3.05, 3.63) is 70.4 Å². The number of para-hydroxylation sites is 1. The van der Waals surface area contributed by atoms with Gasteiger partial charge >= 0.3 is 7.60 Å². The standard InChI is InChI=1S/C21H26N3O5P/c1-3-13-28-30(27,29-14-4-2)21(19-15-22-20-8-6-5-7-18(19)20)23-16-9-11-17(12-10-16)24(25)26/h5-12,15,21-23H,3-4,13-14H2,1-2H3/t21-/m0/s1. The molecule has 0 aliphatic rings. The van der Waals surface area contributed by atoms with Crippen LogP contribution in [0.1, 0.15) is 38.0 Å². The van der Waals surface area contributed by atoms with E-state index in [1.54, 1.807) is 18.3 Å². The van der Waals surface area contributed by atoms with Crippen molar-refractivity contribution in [2.24, 2.45) is 0 Å². The molecule has 0 saturated carbocycles. The Morgan fingerprint density at radius 3 is 2.30 bits per heavy atom. The topological polar surface area (TPSA) is 106 Å². The minimum atomic E-state index is -3.62. The molecule has 9 heteroatoms. The molecular formula is C21H26N3O5P. The van der Waals surface area contributed by atoms with Crippen LogP contribution in [0.2, 0.25) is 0 Å². The summed E-state index contributed by atoms with van der Waals surface area (Å²) in [5.74, 6) is -0.784. The highest BCUT2D eigenvalue weighted by Gasteiger charge is 2.39. The van der Waals surface area contributed by atoms with E-state index in [-0.39, 0.29) is 5.69 Å². The molecule has 0 bridgehead atoms. The van der Waals surface area contributed by atoms with Crippen LogP contribution in [-0.2, 0) is 13.6 Å². The van der Waals surface area contributed by atoms with Crippen LogP contribution in [0.4, 0.5) is 11.4 Å². The van der Waals surface area contributed by atoms with Crippen LogP contribution < -0.4 is 5.32 Å². The Morgan fingerprint density at radius 1 is 1.07 bits per heavy atom. The summed E-state index contributed by atoms with van der Waals surface area (Å²) in [5, 5.41) is 15.1. The van der Waals surface area contributed by atoms with Crippen LogP contribution in [0.5, 0.6) is 0 Å². The fraction of sp³-hybridized carbons (Fsp3) is 0.333. The number of fused-ring (bicyclic) bond motifs is 1. The molecule has 0 fully saturated rings. The number of H-pyrrole nitrogens is 1. The zero-order chi connectivity index (χ0) is 21.6. The molecule has 1 heterocycles. The van der Waals surface area contributed by atoms with E-state index in [1.165, 1.54) is 12.1 Å². The van der Waals surface area contributed by atoms with Gasteiger partial charge < -0.3 is 19.3 Å². The smallest absolute Gasteiger partial charge is 0.357 e. The number of hydrogen-bond donors (Lipinski definition) is 2. The van der Waals surface area contributed by atoms with E-state index in [1.807, 2.05) is 38.1 Å². The number of nitro groups is 1. The lowest BCUT2D eigenvalue weighted by atomic mass is 10.1. The minimum Gasteiger partial charge on any atom is -0.368 e. The van der Waals surface area contributed by atoms with Crippen molar-refractivity contribution >= 4 is 29.9 Å². The molecule has 0 saturated heterocycles. The third-order valence-electron chi connectivity index (χ3n) is 4.56. The van der Waals surface area contributed by atoms with Crippen molar-refractivity contribution in [1.82, 2.24) is 4.98 Å². The summed E-state index contributed by atoms with van der Waals surface area (Å²) in [6, 6.07) is 13.7. The molecule has 0 amide bonds. The fourth-order valence-corrected chi connectivity index (χ4v) is 5.22. The highest BCUT2D eigenvalue weighted by Crippen LogP contribution is 2.61. The van der Waals surface area contributed by atoms with Crippen molar-refractivity contribution in [2.45, 2.75) is 32.5 Å². The van der Waals surface area contributed by atoms with Crippen molar-refractivity contribution in [1.29, 1.82) is 0 Å². The SMILES string of the molecule is CCCOP(=O)(OCCC)[C@H](Nc1ccc([N+](=O)[O-])cc1)c1c[nH]c2ccccc12. The summed E-state index contributed by atoms with van der Waals surface area (Å²) in [5.41, 5.74) is 2.22. The monoisotopic (exact) mass is 431 g/mol. The molecule has 30 heavy (non-hydrogen) atoms. The number of aromatic nitrogens is 1. The van der Waals surface area contributed by atoms with Crippen molar-refractivity contribution < 1.29 is 18.5 Å². The number of benzene rings is 2. The number of aromatic amines is 1. The number of nitro benzene ring substituents is 1. The molecule has 0 unspecified atom stereocenters. The lowest BCUT2D eigenvalue weighted by Gasteiger charge is -2.28. The van der Waals surface area contributed by atoms with Crippen molar-refractivity contribution in [3.8, 4) is 0 Å². The molecule has 3 rings (SSSR count). The van der Waals surface area contributed by atoms with E-state index in [2.05, 4.69) is 10.3 Å². The highest BCUT2D eigenvalue weighted by molar-refractivity contribution is 7.54. The second-order valence-corrected chi connectivity index (χ2v) is 8.96. The summed E-state index contributed by atoms with van der Waals surface area (Å²) in [7, 11) is -3.62. The summed E-state index contributed by atoms with van der Waals surface area (Å²) in [4.78, 5) is 13.7. The van der Waals surface area contributed by atoms with Crippen molar-refractivity contribution in [3.63, 3.8) is 0 Å². The van der Waals surface area contributed by atoms with Crippen LogP contribution in [0.3, 0.4) is 0 Å². The fourth-order valence-electron chi connectivity index (χ4n) is 3.11. The Labute approximate surface area is 175 Å². The minimum absolute atomic E-state index is 0.0168. The average molecular weight is 431 g/mol. The quantitative estimate of drug-likeness (QED) is 0.212. The van der Waals surface area contributed by atoms with Gasteiger partial charge in [0.05, 0.1) is 18.1 Å². The maximum atomic E-state index is 13.9. The van der Waals surface area contributed by atoms with E-state index < -0.39 is 18.3 Å². The Kier molecular flexibility index (Phi) is 7.26. The number of nitrogens with zero attached hydrogens (tertiary/aromatic N) is 1. The largest absolute Gasteiger partial charge is 0.368 e. The van der Waals surface area contributed by atoms with E-state index in [0.29, 0.717) is 31.7 Å². The molecule has 2 aromatic carbocycles. The van der Waals surface area contributed by atoms with Gasteiger partial charge in [-0.2, -0.15) is 0 Å². The van der Waals surface area contributed by atoms with Gasteiger partial charge in [-0.15, -0.1) is 0 Å². The molecule has 3 aromatic rings. The third kappa shape index (κ3) is 4.90. The lowest BCUT2D eigenvalue weighted by molar-refractivity contribution is -0.384. The van der Waals surface area contributed by atoms with Gasteiger partial charge in [-0.1, -0.05) is 32.0 Å². The number of non-ortho nitro benzene ring substituents is 1. The second-order valence-electron chi connectivity index (χ2n) is 6.85. The van der Waals surface area contributed by atoms with Crippen LogP contribution in [0.15, 0.2) is 54.7 Å². The van der Waals surface area contributed by atoms with E-state index in [0.717, 1.165) is 16.5 Å². The van der Waals surface area contributed by atoms with Gasteiger partial charge in [0, 0.05) is 40.5 Å². The first-order valence-electron chi connectivity index (χ1n) is 9.94. The Bertz CT molecular complexity index is 1020. The lowest BCUT2D eigenvalue weighted by Crippen LogP contribution is -2.15. The average Bonchev–Trinajstić information content (AvgIpc) is 3.18. The van der Waals surface area contributed by atoms with Gasteiger partial charge in [0.15, 0.2) is 5.78 Å². The normalized spacial score (nSPS) is 12.7. The van der Waals surface area contributed by atoms with Gasteiger partial charge in [0.1, 0.15) is 0 Å². The molecule has 2 N–H and O–H groups in total. The molecule has 160 valence electrons. The first kappa shape index (κ1) is 22.0. The predicted octanol–water partition coefficient (Wildman–Crippen LogP) is 6.23. The summed E-state index contributed by atoms with van der Waals surface area (Å²) in [6.07, 6.45) is 3.18. The Balaban J connectivity index is 2.04. The Morgan fingerprint density at radius 2 is 1.70 bits per heavy atom. The number of hydrogen-bond acceptors (Lipinski definition) is 6. The number of anilines is 1. The zero-order valence-electron chi connectivity index (χ0n) is 17.0. The van der Waals surface area contributed by atoms with Crippen LogP contribution >= 0.6 is 7.60 Å². The van der Waals surface area contributed by atoms with Gasteiger partial charge in [-0.25, -0.2) is 0 Å². The molecular weight excluding hydrogens is 405 g/mol. The summed E-state index contributed by atoms with van der Waals surface area (Å²) in [6.45, 7) is 4.47. The van der Waals surface area contributed by atoms with Crippen LogP contribution in [-0.4, -0.2) is 23.1 Å². The van der Waals surface area contributed by atoms with Gasteiger partial charge in [0.2, 0.25) is 0 Å². The number of nitrogens with one attached hydrogen (secondary N) is 2. The van der Waals surface area contributed by atoms with Gasteiger partial charge in [-0.3, -0.25) is 14.7 Å². The predicted molar refractivity (Wildman–Crippen MR) is 118 cm³/mol. The first-order valence-corrected chi connectivity index (χ1v) is 11.6. The van der Waals surface area contributed by atoms with E-state index >= 15 is 0 Å². The zero-order valence-corrected chi connectivity index (χ0v) is 17.9. The molecule has 0 aliphatic heterocycles. The molecule has 1 aromatic heterocycles. The highest BCUT2D eigenvalue weighted by atomic mass is 31.2. The molecule has 0 radical (unpaired) electrons. The van der Waals surface area contributed by atoms with Gasteiger partial charge in [0.25, 0.3) is 5.69 Å².